The first-order chi connectivity index (χ1) is 11.4. The van der Waals surface area contributed by atoms with Crippen LogP contribution in [0, 0.1) is 5.92 Å². The van der Waals surface area contributed by atoms with Gasteiger partial charge in [0.05, 0.1) is 11.5 Å². The summed E-state index contributed by atoms with van der Waals surface area (Å²) < 4.78 is 1.70. The first-order valence-electron chi connectivity index (χ1n) is 7.40. The third-order valence-electron chi connectivity index (χ3n) is 3.57. The van der Waals surface area contributed by atoms with E-state index in [9.17, 15) is 9.59 Å². The summed E-state index contributed by atoms with van der Waals surface area (Å²) in [4.78, 5) is 35.7. The molecule has 0 spiro atoms. The van der Waals surface area contributed by atoms with Crippen LogP contribution in [0.4, 0.5) is 0 Å². The lowest BCUT2D eigenvalue weighted by Crippen LogP contribution is -2.20. The standard InChI is InChI=1S/C16H19N5O3/c1-10(2)12(9-19-16(23)13-5-4-6-21(13)3)14-17-7-11(8-18-14)15(22)20-24/h4-10,12,24H,1-3H3,(H,20,22). The van der Waals surface area contributed by atoms with E-state index in [1.54, 1.807) is 29.9 Å². The molecule has 8 nitrogen and oxygen atoms in total. The van der Waals surface area contributed by atoms with Crippen LogP contribution < -0.4 is 5.48 Å². The predicted octanol–water partition coefficient (Wildman–Crippen LogP) is 1.58. The molecule has 0 saturated heterocycles. The minimum atomic E-state index is -0.685. The third-order valence-corrected chi connectivity index (χ3v) is 3.57. The maximum Gasteiger partial charge on any atom is 0.293 e. The molecule has 2 amide bonds. The Morgan fingerprint density at radius 1 is 1.33 bits per heavy atom. The molecule has 0 radical (unpaired) electrons. The number of hydrogen-bond acceptors (Lipinski definition) is 5. The number of aliphatic imine (C=N–C) groups is 1. The first-order valence-corrected chi connectivity index (χ1v) is 7.40. The summed E-state index contributed by atoms with van der Waals surface area (Å²) in [5, 5.41) is 8.60. The quantitative estimate of drug-likeness (QED) is 0.492. The van der Waals surface area contributed by atoms with E-state index in [4.69, 9.17) is 5.21 Å². The number of carbonyl (C=O) groups excluding carboxylic acids is 2. The van der Waals surface area contributed by atoms with E-state index in [0.29, 0.717) is 11.5 Å². The van der Waals surface area contributed by atoms with Crippen molar-refractivity contribution in [1.29, 1.82) is 0 Å². The van der Waals surface area contributed by atoms with Crippen molar-refractivity contribution >= 4 is 18.0 Å². The zero-order valence-corrected chi connectivity index (χ0v) is 13.7. The second-order valence-electron chi connectivity index (χ2n) is 5.63. The number of rotatable bonds is 5. The van der Waals surface area contributed by atoms with Crippen molar-refractivity contribution in [3.8, 4) is 0 Å². The van der Waals surface area contributed by atoms with Crippen LogP contribution >= 0.6 is 0 Å². The Morgan fingerprint density at radius 2 is 2.00 bits per heavy atom. The van der Waals surface area contributed by atoms with Crippen LogP contribution in [0.2, 0.25) is 0 Å². The number of nitrogens with one attached hydrogen (secondary N) is 1. The van der Waals surface area contributed by atoms with Crippen LogP contribution in [0.15, 0.2) is 35.7 Å². The van der Waals surface area contributed by atoms with E-state index in [1.165, 1.54) is 24.1 Å². The number of aromatic nitrogens is 3. The first kappa shape index (κ1) is 17.5. The molecular formula is C16H19N5O3. The molecule has 126 valence electrons. The summed E-state index contributed by atoms with van der Waals surface area (Å²) >= 11 is 0. The maximum absolute atomic E-state index is 12.1. The molecule has 0 bridgehead atoms. The molecule has 2 rings (SSSR count). The van der Waals surface area contributed by atoms with Crippen LogP contribution in [-0.4, -0.2) is 37.8 Å². The molecule has 1 atom stereocenters. The summed E-state index contributed by atoms with van der Waals surface area (Å²) in [6.07, 6.45) is 5.93. The molecule has 2 aromatic heterocycles. The fraction of sp³-hybridized carbons (Fsp3) is 0.312. The minimum absolute atomic E-state index is 0.104. The number of hydrogen-bond donors (Lipinski definition) is 2. The van der Waals surface area contributed by atoms with Gasteiger partial charge in [0.2, 0.25) is 0 Å². The molecule has 2 N–H and O–H groups in total. The number of hydroxylamine groups is 1. The van der Waals surface area contributed by atoms with Crippen molar-refractivity contribution in [3.05, 3.63) is 47.8 Å². The van der Waals surface area contributed by atoms with E-state index >= 15 is 0 Å². The Hall–Kier alpha value is -2.87. The van der Waals surface area contributed by atoms with E-state index in [2.05, 4.69) is 15.0 Å². The van der Waals surface area contributed by atoms with Gasteiger partial charge in [0.1, 0.15) is 11.5 Å². The highest BCUT2D eigenvalue weighted by molar-refractivity contribution is 5.98. The number of aryl methyl sites for hydroxylation is 1. The topological polar surface area (TPSA) is 109 Å². The van der Waals surface area contributed by atoms with E-state index < -0.39 is 5.91 Å². The lowest BCUT2D eigenvalue weighted by Gasteiger charge is -2.14. The fourth-order valence-corrected chi connectivity index (χ4v) is 2.13. The maximum atomic E-state index is 12.1. The highest BCUT2D eigenvalue weighted by Crippen LogP contribution is 2.19. The number of nitrogens with zero attached hydrogens (tertiary/aromatic N) is 4. The molecule has 1 unspecified atom stereocenters. The number of carbonyl (C=O) groups is 2. The molecule has 2 heterocycles. The van der Waals surface area contributed by atoms with Gasteiger partial charge in [-0.1, -0.05) is 13.8 Å². The third kappa shape index (κ3) is 3.90. The van der Waals surface area contributed by atoms with Gasteiger partial charge in [-0.05, 0) is 18.1 Å². The van der Waals surface area contributed by atoms with Gasteiger partial charge in [-0.2, -0.15) is 0 Å². The minimum Gasteiger partial charge on any atom is -0.347 e. The van der Waals surface area contributed by atoms with Crippen molar-refractivity contribution in [1.82, 2.24) is 20.0 Å². The lowest BCUT2D eigenvalue weighted by molar-refractivity contribution is 0.0705. The average molecular weight is 329 g/mol. The zero-order chi connectivity index (χ0) is 17.7. The summed E-state index contributed by atoms with van der Waals surface area (Å²) in [6.45, 7) is 3.92. The van der Waals surface area contributed by atoms with Crippen LogP contribution in [0.5, 0.6) is 0 Å². The Balaban J connectivity index is 2.20. The molecular weight excluding hydrogens is 310 g/mol. The van der Waals surface area contributed by atoms with Gasteiger partial charge in [-0.15, -0.1) is 0 Å². The normalized spacial score (nSPS) is 12.5. The Labute approximate surface area is 139 Å². The SMILES string of the molecule is CC(C)C(C=NC(=O)c1cccn1C)c1ncc(C(=O)NO)cn1. The summed E-state index contributed by atoms with van der Waals surface area (Å²) in [5.41, 5.74) is 2.15. The van der Waals surface area contributed by atoms with E-state index in [-0.39, 0.29) is 23.3 Å². The molecule has 0 aliphatic carbocycles. The second-order valence-corrected chi connectivity index (χ2v) is 5.63. The van der Waals surface area contributed by atoms with Crippen LogP contribution in [0.25, 0.3) is 0 Å². The monoisotopic (exact) mass is 329 g/mol. The van der Waals surface area contributed by atoms with E-state index in [0.717, 1.165) is 0 Å². The average Bonchev–Trinajstić information content (AvgIpc) is 3.00. The van der Waals surface area contributed by atoms with Gasteiger partial charge in [-0.3, -0.25) is 14.8 Å². The highest BCUT2D eigenvalue weighted by atomic mass is 16.5. The zero-order valence-electron chi connectivity index (χ0n) is 13.7. The fourth-order valence-electron chi connectivity index (χ4n) is 2.13. The predicted molar refractivity (Wildman–Crippen MR) is 87.1 cm³/mol. The molecule has 0 saturated carbocycles. The van der Waals surface area contributed by atoms with Gasteiger partial charge in [0, 0.05) is 31.9 Å². The van der Waals surface area contributed by atoms with Crippen LogP contribution in [-0.2, 0) is 7.05 Å². The van der Waals surface area contributed by atoms with Gasteiger partial charge < -0.3 is 4.57 Å². The van der Waals surface area contributed by atoms with Crippen molar-refractivity contribution in [2.45, 2.75) is 19.8 Å². The Kier molecular flexibility index (Phi) is 5.54. The molecule has 0 aliphatic heterocycles. The Bertz CT molecular complexity index is 749. The van der Waals surface area contributed by atoms with Gasteiger partial charge in [0.25, 0.3) is 11.8 Å². The molecule has 0 fully saturated rings. The summed E-state index contributed by atoms with van der Waals surface area (Å²) in [5.74, 6) is -0.754. The number of amides is 2. The molecule has 8 heteroatoms. The molecule has 2 aromatic rings. The molecule has 0 aromatic carbocycles. The van der Waals surface area contributed by atoms with Crippen LogP contribution in [0.3, 0.4) is 0 Å². The lowest BCUT2D eigenvalue weighted by atomic mass is 9.96. The van der Waals surface area contributed by atoms with Crippen molar-refractivity contribution in [3.63, 3.8) is 0 Å². The molecule has 0 aliphatic rings. The highest BCUT2D eigenvalue weighted by Gasteiger charge is 2.18. The van der Waals surface area contributed by atoms with Crippen molar-refractivity contribution in [2.24, 2.45) is 18.0 Å². The van der Waals surface area contributed by atoms with Crippen molar-refractivity contribution < 1.29 is 14.8 Å². The summed E-state index contributed by atoms with van der Waals surface area (Å²) in [6, 6.07) is 3.47. The Morgan fingerprint density at radius 3 is 2.50 bits per heavy atom. The smallest absolute Gasteiger partial charge is 0.293 e. The second kappa shape index (κ2) is 7.60. The largest absolute Gasteiger partial charge is 0.347 e. The van der Waals surface area contributed by atoms with E-state index in [1.807, 2.05) is 13.8 Å². The van der Waals surface area contributed by atoms with Crippen LogP contribution in [0.1, 0.15) is 46.4 Å². The summed E-state index contributed by atoms with van der Waals surface area (Å²) in [7, 11) is 1.77. The van der Waals surface area contributed by atoms with Gasteiger partial charge in [0.15, 0.2) is 0 Å². The van der Waals surface area contributed by atoms with Gasteiger partial charge in [-0.25, -0.2) is 20.4 Å². The molecule has 24 heavy (non-hydrogen) atoms. The van der Waals surface area contributed by atoms with Crippen molar-refractivity contribution in [2.75, 3.05) is 0 Å². The van der Waals surface area contributed by atoms with Gasteiger partial charge >= 0.3 is 0 Å².